The fourth-order valence-electron chi connectivity index (χ4n) is 2.24. The number of nitrogens with zero attached hydrogens (tertiary/aromatic N) is 1. The third kappa shape index (κ3) is 4.66. The van der Waals surface area contributed by atoms with Gasteiger partial charge in [-0.2, -0.15) is 0 Å². The van der Waals surface area contributed by atoms with E-state index in [1.807, 2.05) is 49.4 Å². The second-order valence-electron chi connectivity index (χ2n) is 5.26. The zero-order valence-corrected chi connectivity index (χ0v) is 14.8. The van der Waals surface area contributed by atoms with Gasteiger partial charge in [0.05, 0.1) is 5.69 Å². The summed E-state index contributed by atoms with van der Waals surface area (Å²) < 4.78 is 0.780. The highest BCUT2D eigenvalue weighted by Crippen LogP contribution is 2.25. The maximum Gasteiger partial charge on any atom is 0.240 e. The Hall–Kier alpha value is -2.14. The van der Waals surface area contributed by atoms with Gasteiger partial charge in [-0.05, 0) is 46.1 Å². The third-order valence-corrected chi connectivity index (χ3v) is 4.23. The van der Waals surface area contributed by atoms with Gasteiger partial charge in [0, 0.05) is 17.9 Å². The molecule has 0 atom stereocenters. The summed E-state index contributed by atoms with van der Waals surface area (Å²) in [5.74, 6) is -0.373. The van der Waals surface area contributed by atoms with Crippen molar-refractivity contribution >= 4 is 33.4 Å². The van der Waals surface area contributed by atoms with E-state index in [4.69, 9.17) is 0 Å². The van der Waals surface area contributed by atoms with Gasteiger partial charge >= 0.3 is 0 Å². The Morgan fingerprint density at radius 3 is 2.39 bits per heavy atom. The van der Waals surface area contributed by atoms with E-state index < -0.39 is 0 Å². The normalized spacial score (nSPS) is 10.2. The Labute approximate surface area is 144 Å². The molecule has 0 bridgehead atoms. The summed E-state index contributed by atoms with van der Waals surface area (Å²) in [7, 11) is 0. The van der Waals surface area contributed by atoms with Crippen LogP contribution in [0.1, 0.15) is 18.1 Å². The van der Waals surface area contributed by atoms with E-state index in [9.17, 15) is 9.59 Å². The van der Waals surface area contributed by atoms with Gasteiger partial charge in [-0.1, -0.05) is 36.4 Å². The predicted molar refractivity (Wildman–Crippen MR) is 95.2 cm³/mol. The number of rotatable bonds is 5. The van der Waals surface area contributed by atoms with E-state index in [-0.39, 0.29) is 18.4 Å². The molecule has 2 aromatic carbocycles. The minimum Gasteiger partial charge on any atom is -0.350 e. The Morgan fingerprint density at radius 1 is 1.09 bits per heavy atom. The molecule has 0 fully saturated rings. The first-order valence-corrected chi connectivity index (χ1v) is 8.12. The van der Waals surface area contributed by atoms with Crippen LogP contribution in [-0.2, 0) is 16.1 Å². The van der Waals surface area contributed by atoms with Crippen molar-refractivity contribution in [2.24, 2.45) is 0 Å². The summed E-state index contributed by atoms with van der Waals surface area (Å²) >= 11 is 3.41. The molecule has 0 saturated heterocycles. The molecular weight excluding hydrogens is 356 g/mol. The molecule has 4 nitrogen and oxygen atoms in total. The zero-order valence-electron chi connectivity index (χ0n) is 13.2. The van der Waals surface area contributed by atoms with Crippen LogP contribution in [0.2, 0.25) is 0 Å². The van der Waals surface area contributed by atoms with Gasteiger partial charge < -0.3 is 10.2 Å². The number of hydrogen-bond acceptors (Lipinski definition) is 2. The minimum absolute atomic E-state index is 0.0101. The van der Waals surface area contributed by atoms with Crippen molar-refractivity contribution in [3.05, 3.63) is 64.1 Å². The number of anilines is 1. The van der Waals surface area contributed by atoms with E-state index in [0.717, 1.165) is 15.6 Å². The van der Waals surface area contributed by atoms with Crippen LogP contribution in [-0.4, -0.2) is 18.4 Å². The van der Waals surface area contributed by atoms with Crippen LogP contribution < -0.4 is 10.2 Å². The molecule has 0 aliphatic rings. The summed E-state index contributed by atoms with van der Waals surface area (Å²) in [6.07, 6.45) is 0. The van der Waals surface area contributed by atoms with E-state index >= 15 is 0 Å². The number of benzene rings is 2. The number of carbonyl (C=O) groups excluding carboxylic acids is 2. The standard InChI is InChI=1S/C18H19BrN2O2/c1-13-7-3-4-8-15(13)11-20-18(23)12-21(14(2)22)17-10-6-5-9-16(17)19/h3-10H,11-12H2,1-2H3,(H,20,23). The second kappa shape index (κ2) is 7.92. The first-order valence-electron chi connectivity index (χ1n) is 7.33. The van der Waals surface area contributed by atoms with Crippen molar-refractivity contribution in [1.82, 2.24) is 5.32 Å². The lowest BCUT2D eigenvalue weighted by Crippen LogP contribution is -2.39. The summed E-state index contributed by atoms with van der Waals surface area (Å²) in [6, 6.07) is 15.2. The average molecular weight is 375 g/mol. The topological polar surface area (TPSA) is 49.4 Å². The van der Waals surface area contributed by atoms with Gasteiger partial charge in [-0.25, -0.2) is 0 Å². The van der Waals surface area contributed by atoms with Crippen molar-refractivity contribution in [2.45, 2.75) is 20.4 Å². The monoisotopic (exact) mass is 374 g/mol. The van der Waals surface area contributed by atoms with E-state index in [0.29, 0.717) is 12.2 Å². The molecule has 23 heavy (non-hydrogen) atoms. The van der Waals surface area contributed by atoms with Gasteiger partial charge in [0.25, 0.3) is 0 Å². The van der Waals surface area contributed by atoms with Gasteiger partial charge in [0.15, 0.2) is 0 Å². The molecule has 0 aliphatic heterocycles. The summed E-state index contributed by atoms with van der Waals surface area (Å²) in [5, 5.41) is 2.87. The highest BCUT2D eigenvalue weighted by atomic mass is 79.9. The molecule has 0 radical (unpaired) electrons. The molecule has 1 N–H and O–H groups in total. The van der Waals surface area contributed by atoms with Crippen LogP contribution in [0.4, 0.5) is 5.69 Å². The number of hydrogen-bond donors (Lipinski definition) is 1. The largest absolute Gasteiger partial charge is 0.350 e. The molecule has 0 aliphatic carbocycles. The summed E-state index contributed by atoms with van der Waals surface area (Å²) in [4.78, 5) is 25.5. The van der Waals surface area contributed by atoms with Crippen LogP contribution in [0.5, 0.6) is 0 Å². The van der Waals surface area contributed by atoms with Gasteiger partial charge in [-0.3, -0.25) is 9.59 Å². The molecule has 0 saturated carbocycles. The minimum atomic E-state index is -0.195. The molecule has 0 unspecified atom stereocenters. The molecule has 0 spiro atoms. The maximum atomic E-state index is 12.2. The number of halogens is 1. The lowest BCUT2D eigenvalue weighted by Gasteiger charge is -2.22. The SMILES string of the molecule is CC(=O)N(CC(=O)NCc1ccccc1C)c1ccccc1Br. The molecule has 0 aromatic heterocycles. The fraction of sp³-hybridized carbons (Fsp3) is 0.222. The molecule has 0 heterocycles. The number of aryl methyl sites for hydroxylation is 1. The molecule has 2 aromatic rings. The van der Waals surface area contributed by atoms with E-state index in [1.54, 1.807) is 6.07 Å². The van der Waals surface area contributed by atoms with Crippen molar-refractivity contribution in [2.75, 3.05) is 11.4 Å². The van der Waals surface area contributed by atoms with Crippen LogP contribution in [0.25, 0.3) is 0 Å². The van der Waals surface area contributed by atoms with Crippen molar-refractivity contribution in [1.29, 1.82) is 0 Å². The van der Waals surface area contributed by atoms with Crippen molar-refractivity contribution in [3.63, 3.8) is 0 Å². The van der Waals surface area contributed by atoms with Crippen LogP contribution >= 0.6 is 15.9 Å². The average Bonchev–Trinajstić information content (AvgIpc) is 2.52. The quantitative estimate of drug-likeness (QED) is 0.871. The summed E-state index contributed by atoms with van der Waals surface area (Å²) in [6.45, 7) is 3.90. The third-order valence-electron chi connectivity index (χ3n) is 3.56. The Kier molecular flexibility index (Phi) is 5.93. The molecule has 120 valence electrons. The second-order valence-corrected chi connectivity index (χ2v) is 6.11. The first kappa shape index (κ1) is 17.2. The molecular formula is C18H19BrN2O2. The van der Waals surface area contributed by atoms with Gasteiger partial charge in [0.1, 0.15) is 6.54 Å². The maximum absolute atomic E-state index is 12.2. The lowest BCUT2D eigenvalue weighted by molar-refractivity contribution is -0.123. The van der Waals surface area contributed by atoms with Gasteiger partial charge in [-0.15, -0.1) is 0 Å². The lowest BCUT2D eigenvalue weighted by atomic mass is 10.1. The van der Waals surface area contributed by atoms with E-state index in [1.165, 1.54) is 11.8 Å². The van der Waals surface area contributed by atoms with Gasteiger partial charge in [0.2, 0.25) is 11.8 Å². The van der Waals surface area contributed by atoms with Crippen LogP contribution in [0.15, 0.2) is 53.0 Å². The van der Waals surface area contributed by atoms with Crippen molar-refractivity contribution < 1.29 is 9.59 Å². The zero-order chi connectivity index (χ0) is 16.8. The Balaban J connectivity index is 2.03. The fourth-order valence-corrected chi connectivity index (χ4v) is 2.74. The molecule has 5 heteroatoms. The smallest absolute Gasteiger partial charge is 0.240 e. The number of nitrogens with one attached hydrogen (secondary N) is 1. The van der Waals surface area contributed by atoms with Crippen LogP contribution in [0, 0.1) is 6.92 Å². The Morgan fingerprint density at radius 2 is 1.74 bits per heavy atom. The molecule has 2 rings (SSSR count). The highest BCUT2D eigenvalue weighted by Gasteiger charge is 2.17. The van der Waals surface area contributed by atoms with Crippen molar-refractivity contribution in [3.8, 4) is 0 Å². The van der Waals surface area contributed by atoms with E-state index in [2.05, 4.69) is 21.2 Å². The number of carbonyl (C=O) groups is 2. The first-order chi connectivity index (χ1) is 11.0. The summed E-state index contributed by atoms with van der Waals surface area (Å²) in [5.41, 5.74) is 2.88. The van der Waals surface area contributed by atoms with Crippen LogP contribution in [0.3, 0.4) is 0 Å². The highest BCUT2D eigenvalue weighted by molar-refractivity contribution is 9.10. The number of amides is 2. The Bertz CT molecular complexity index is 716. The predicted octanol–water partition coefficient (Wildman–Crippen LogP) is 3.43. The molecule has 2 amide bonds. The number of para-hydroxylation sites is 1.